The maximum atomic E-state index is 12.3. The number of nitrogens with zero attached hydrogens (tertiary/aromatic N) is 1. The third-order valence-electron chi connectivity index (χ3n) is 2.95. The van der Waals surface area contributed by atoms with Gasteiger partial charge in [-0.2, -0.15) is 11.8 Å². The van der Waals surface area contributed by atoms with Crippen molar-refractivity contribution in [2.45, 2.75) is 12.2 Å². The van der Waals surface area contributed by atoms with Crippen LogP contribution in [0.2, 0.25) is 0 Å². The van der Waals surface area contributed by atoms with E-state index in [0.29, 0.717) is 16.6 Å². The zero-order valence-electron chi connectivity index (χ0n) is 10.5. The highest BCUT2D eigenvalue weighted by Crippen LogP contribution is 2.27. The van der Waals surface area contributed by atoms with Crippen LogP contribution >= 0.6 is 11.8 Å². The molecule has 1 fully saturated rings. The average Bonchev–Trinajstić information content (AvgIpc) is 2.37. The molecule has 1 saturated heterocycles. The van der Waals surface area contributed by atoms with Crippen LogP contribution in [0.5, 0.6) is 11.5 Å². The van der Waals surface area contributed by atoms with Crippen LogP contribution in [0, 0.1) is 0 Å². The Morgan fingerprint density at radius 2 is 2.33 bits per heavy atom. The topological polar surface area (TPSA) is 49.8 Å². The third-order valence-corrected chi connectivity index (χ3v) is 4.09. The molecule has 1 aromatic carbocycles. The summed E-state index contributed by atoms with van der Waals surface area (Å²) >= 11 is 1.88. The fourth-order valence-electron chi connectivity index (χ4n) is 2.01. The molecule has 0 radical (unpaired) electrons. The predicted octanol–water partition coefficient (Wildman–Crippen LogP) is 1.98. The van der Waals surface area contributed by atoms with Crippen LogP contribution in [-0.4, -0.2) is 47.1 Å². The normalized spacial score (nSPS) is 19.7. The van der Waals surface area contributed by atoms with Crippen LogP contribution < -0.4 is 4.74 Å². The van der Waals surface area contributed by atoms with Crippen LogP contribution in [0.25, 0.3) is 0 Å². The Morgan fingerprint density at radius 1 is 1.56 bits per heavy atom. The molecule has 1 heterocycles. The van der Waals surface area contributed by atoms with Gasteiger partial charge >= 0.3 is 0 Å². The minimum absolute atomic E-state index is 0.00258. The van der Waals surface area contributed by atoms with E-state index in [4.69, 9.17) is 4.74 Å². The lowest BCUT2D eigenvalue weighted by Crippen LogP contribution is -2.40. The molecule has 0 spiro atoms. The number of phenolic OH excluding ortho intramolecular Hbond substituents is 1. The molecule has 18 heavy (non-hydrogen) atoms. The summed E-state index contributed by atoms with van der Waals surface area (Å²) in [5, 5.41) is 10.2. The summed E-state index contributed by atoms with van der Waals surface area (Å²) in [4.78, 5) is 14.1. The summed E-state index contributed by atoms with van der Waals surface area (Å²) in [5.41, 5.74) is 0.507. The van der Waals surface area contributed by atoms with Crippen molar-refractivity contribution < 1.29 is 14.6 Å². The Kier molecular flexibility index (Phi) is 4.01. The largest absolute Gasteiger partial charge is 0.504 e. The minimum Gasteiger partial charge on any atom is -0.504 e. The van der Waals surface area contributed by atoms with Gasteiger partial charge in [-0.05, 0) is 18.2 Å². The highest BCUT2D eigenvalue weighted by atomic mass is 32.2. The van der Waals surface area contributed by atoms with Gasteiger partial charge in [-0.3, -0.25) is 4.79 Å². The smallest absolute Gasteiger partial charge is 0.254 e. The second-order valence-corrected chi connectivity index (χ2v) is 5.87. The Balaban J connectivity index is 2.15. The monoisotopic (exact) mass is 267 g/mol. The SMILES string of the molecule is COc1ccc(C(=O)N2CCSC(C)C2)cc1O. The van der Waals surface area contributed by atoms with E-state index >= 15 is 0 Å². The number of hydrogen-bond donors (Lipinski definition) is 1. The zero-order chi connectivity index (χ0) is 13.1. The number of phenols is 1. The third kappa shape index (κ3) is 2.72. The molecule has 1 aliphatic rings. The standard InChI is InChI=1S/C13H17NO3S/c1-9-8-14(5-6-18-9)13(16)10-3-4-12(17-2)11(15)7-10/h3-4,7,9,15H,5-6,8H2,1-2H3. The lowest BCUT2D eigenvalue weighted by Gasteiger charge is -2.30. The quantitative estimate of drug-likeness (QED) is 0.890. The van der Waals surface area contributed by atoms with Gasteiger partial charge in [0.15, 0.2) is 11.5 Å². The maximum Gasteiger partial charge on any atom is 0.254 e. The fraction of sp³-hybridized carbons (Fsp3) is 0.462. The first kappa shape index (κ1) is 13.1. The lowest BCUT2D eigenvalue weighted by atomic mass is 10.1. The number of carbonyl (C=O) groups excluding carboxylic acids is 1. The molecule has 1 atom stereocenters. The van der Waals surface area contributed by atoms with E-state index in [2.05, 4.69) is 6.92 Å². The second kappa shape index (κ2) is 5.52. The molecule has 0 bridgehead atoms. The molecule has 98 valence electrons. The molecule has 1 unspecified atom stereocenters. The summed E-state index contributed by atoms with van der Waals surface area (Å²) in [5.74, 6) is 1.33. The lowest BCUT2D eigenvalue weighted by molar-refractivity contribution is 0.0762. The molecule has 4 nitrogen and oxygen atoms in total. The van der Waals surface area contributed by atoms with Gasteiger partial charge in [0.05, 0.1) is 7.11 Å². The van der Waals surface area contributed by atoms with E-state index in [1.54, 1.807) is 12.1 Å². The number of carbonyl (C=O) groups is 1. The van der Waals surface area contributed by atoms with Gasteiger partial charge in [0.1, 0.15) is 0 Å². The first-order chi connectivity index (χ1) is 8.61. The molecule has 5 heteroatoms. The van der Waals surface area contributed by atoms with Gasteiger partial charge < -0.3 is 14.7 Å². The number of benzene rings is 1. The van der Waals surface area contributed by atoms with Gasteiger partial charge in [-0.1, -0.05) is 6.92 Å². The van der Waals surface area contributed by atoms with E-state index in [1.807, 2.05) is 16.7 Å². The average molecular weight is 267 g/mol. The second-order valence-electron chi connectivity index (χ2n) is 4.32. The van der Waals surface area contributed by atoms with E-state index in [1.165, 1.54) is 13.2 Å². The number of aromatic hydroxyl groups is 1. The highest BCUT2D eigenvalue weighted by Gasteiger charge is 2.22. The van der Waals surface area contributed by atoms with Crippen molar-refractivity contribution in [1.29, 1.82) is 0 Å². The zero-order valence-corrected chi connectivity index (χ0v) is 11.4. The van der Waals surface area contributed by atoms with Gasteiger partial charge in [-0.15, -0.1) is 0 Å². The highest BCUT2D eigenvalue weighted by molar-refractivity contribution is 7.99. The van der Waals surface area contributed by atoms with Crippen molar-refractivity contribution in [2.75, 3.05) is 26.0 Å². The molecule has 0 aromatic heterocycles. The van der Waals surface area contributed by atoms with Crippen LogP contribution in [0.4, 0.5) is 0 Å². The summed E-state index contributed by atoms with van der Waals surface area (Å²) in [6.07, 6.45) is 0. The molecule has 2 rings (SSSR count). The van der Waals surface area contributed by atoms with Gasteiger partial charge in [-0.25, -0.2) is 0 Å². The van der Waals surface area contributed by atoms with Crippen molar-refractivity contribution in [2.24, 2.45) is 0 Å². The number of thioether (sulfide) groups is 1. The molecule has 1 amide bonds. The van der Waals surface area contributed by atoms with E-state index < -0.39 is 0 Å². The molecule has 0 aliphatic carbocycles. The maximum absolute atomic E-state index is 12.3. The Bertz CT molecular complexity index is 450. The number of amides is 1. The first-order valence-electron chi connectivity index (χ1n) is 5.89. The molecule has 1 N–H and O–H groups in total. The Labute approximate surface area is 111 Å². The summed E-state index contributed by atoms with van der Waals surface area (Å²) < 4.78 is 4.96. The Morgan fingerprint density at radius 3 is 2.94 bits per heavy atom. The number of hydrogen-bond acceptors (Lipinski definition) is 4. The van der Waals surface area contributed by atoms with Crippen molar-refractivity contribution in [1.82, 2.24) is 4.90 Å². The van der Waals surface area contributed by atoms with Gasteiger partial charge in [0, 0.05) is 29.7 Å². The molecular formula is C13H17NO3S. The first-order valence-corrected chi connectivity index (χ1v) is 6.94. The minimum atomic E-state index is -0.0277. The fourth-order valence-corrected chi connectivity index (χ4v) is 3.02. The molecular weight excluding hydrogens is 250 g/mol. The number of rotatable bonds is 2. The summed E-state index contributed by atoms with van der Waals surface area (Å²) in [6, 6.07) is 4.77. The van der Waals surface area contributed by atoms with Crippen LogP contribution in [0.1, 0.15) is 17.3 Å². The van der Waals surface area contributed by atoms with Crippen LogP contribution in [0.3, 0.4) is 0 Å². The van der Waals surface area contributed by atoms with Crippen LogP contribution in [0.15, 0.2) is 18.2 Å². The van der Waals surface area contributed by atoms with E-state index in [0.717, 1.165) is 18.8 Å². The summed E-state index contributed by atoms with van der Waals surface area (Å²) in [6.45, 7) is 3.65. The van der Waals surface area contributed by atoms with E-state index in [-0.39, 0.29) is 11.7 Å². The Hall–Kier alpha value is -1.36. The number of methoxy groups -OCH3 is 1. The van der Waals surface area contributed by atoms with Crippen molar-refractivity contribution in [3.8, 4) is 11.5 Å². The van der Waals surface area contributed by atoms with Gasteiger partial charge in [0.25, 0.3) is 5.91 Å². The van der Waals surface area contributed by atoms with E-state index in [9.17, 15) is 9.90 Å². The molecule has 1 aliphatic heterocycles. The summed E-state index contributed by atoms with van der Waals surface area (Å²) in [7, 11) is 1.49. The van der Waals surface area contributed by atoms with Crippen LogP contribution in [-0.2, 0) is 0 Å². The number of ether oxygens (including phenoxy) is 1. The van der Waals surface area contributed by atoms with Crippen molar-refractivity contribution in [3.63, 3.8) is 0 Å². The van der Waals surface area contributed by atoms with Gasteiger partial charge in [0.2, 0.25) is 0 Å². The van der Waals surface area contributed by atoms with Crippen molar-refractivity contribution >= 4 is 17.7 Å². The van der Waals surface area contributed by atoms with Crippen molar-refractivity contribution in [3.05, 3.63) is 23.8 Å². The molecule has 0 saturated carbocycles. The molecule has 1 aromatic rings. The predicted molar refractivity (Wildman–Crippen MR) is 72.5 cm³/mol.